The van der Waals surface area contributed by atoms with Gasteiger partial charge in [-0.2, -0.15) is 5.10 Å². The largest absolute Gasteiger partial charge is 0.478 e. The van der Waals surface area contributed by atoms with Crippen molar-refractivity contribution in [3.8, 4) is 0 Å². The van der Waals surface area contributed by atoms with Crippen molar-refractivity contribution in [2.45, 2.75) is 0 Å². The molecule has 0 aliphatic carbocycles. The van der Waals surface area contributed by atoms with E-state index in [0.717, 1.165) is 30.1 Å². The lowest BCUT2D eigenvalue weighted by Gasteiger charge is -2.00. The van der Waals surface area contributed by atoms with Crippen LogP contribution in [0.15, 0.2) is 39.4 Å². The van der Waals surface area contributed by atoms with E-state index in [-0.39, 0.29) is 15.6 Å². The minimum Gasteiger partial charge on any atom is -0.478 e. The van der Waals surface area contributed by atoms with Gasteiger partial charge in [-0.1, -0.05) is 12.1 Å². The molecule has 124 valence electrons. The van der Waals surface area contributed by atoms with Crippen molar-refractivity contribution < 1.29 is 28.6 Å². The predicted molar refractivity (Wildman–Crippen MR) is 84.2 cm³/mol. The van der Waals surface area contributed by atoms with Gasteiger partial charge in [0.1, 0.15) is 11.4 Å². The Bertz CT molecular complexity index is 804. The summed E-state index contributed by atoms with van der Waals surface area (Å²) in [6.45, 7) is 0. The number of amides is 1. The zero-order valence-corrected chi connectivity index (χ0v) is 13.0. The van der Waals surface area contributed by atoms with Gasteiger partial charge in [0.15, 0.2) is 5.17 Å². The number of hydrogen-bond donors (Lipinski definition) is 2. The third kappa shape index (κ3) is 4.04. The van der Waals surface area contributed by atoms with Crippen molar-refractivity contribution in [3.63, 3.8) is 0 Å². The molecule has 1 saturated heterocycles. The van der Waals surface area contributed by atoms with Gasteiger partial charge < -0.3 is 9.84 Å². The number of benzene rings is 1. The van der Waals surface area contributed by atoms with Gasteiger partial charge in [0, 0.05) is 11.6 Å². The van der Waals surface area contributed by atoms with Crippen LogP contribution in [0.1, 0.15) is 15.9 Å². The Labute approximate surface area is 139 Å². The van der Waals surface area contributed by atoms with E-state index >= 15 is 0 Å². The van der Waals surface area contributed by atoms with E-state index in [1.807, 2.05) is 0 Å². The molecule has 1 aromatic rings. The fourth-order valence-electron chi connectivity index (χ4n) is 1.66. The molecule has 1 aliphatic heterocycles. The number of halogens is 1. The predicted octanol–water partition coefficient (Wildman–Crippen LogP) is 1.13. The van der Waals surface area contributed by atoms with E-state index < -0.39 is 29.2 Å². The first-order valence-electron chi connectivity index (χ1n) is 6.34. The summed E-state index contributed by atoms with van der Waals surface area (Å²) < 4.78 is 17.9. The number of esters is 1. The van der Waals surface area contributed by atoms with Gasteiger partial charge in [-0.3, -0.25) is 10.1 Å². The standard InChI is InChI=1S/C14H10FN3O5S/c1-23-10(19)5-9-12(20)17-14(24-9)18-16-6-7-3-2-4-8(15)11(7)13(21)22/h2-6H,1H3,(H,21,22)(H,17,18,20)/b9-5+,16-6?. The summed E-state index contributed by atoms with van der Waals surface area (Å²) in [6.07, 6.45) is 2.05. The first kappa shape index (κ1) is 17.3. The van der Waals surface area contributed by atoms with Crippen molar-refractivity contribution in [1.29, 1.82) is 0 Å². The lowest BCUT2D eigenvalue weighted by molar-refractivity contribution is -0.135. The maximum Gasteiger partial charge on any atom is 0.339 e. The van der Waals surface area contributed by atoms with E-state index in [9.17, 15) is 18.8 Å². The van der Waals surface area contributed by atoms with Gasteiger partial charge in [-0.25, -0.2) is 14.0 Å². The molecular weight excluding hydrogens is 341 g/mol. The number of nitrogens with one attached hydrogen (secondary N) is 1. The van der Waals surface area contributed by atoms with E-state index in [2.05, 4.69) is 20.3 Å². The van der Waals surface area contributed by atoms with Crippen LogP contribution < -0.4 is 5.32 Å². The number of carboxylic acid groups (broad SMARTS) is 1. The first-order valence-corrected chi connectivity index (χ1v) is 7.15. The third-order valence-electron chi connectivity index (χ3n) is 2.71. The van der Waals surface area contributed by atoms with Crippen molar-refractivity contribution in [3.05, 3.63) is 46.1 Å². The number of aromatic carboxylic acids is 1. The number of nitrogens with zero attached hydrogens (tertiary/aromatic N) is 2. The maximum atomic E-state index is 13.5. The normalized spacial score (nSPS) is 17.5. The molecule has 10 heteroatoms. The fraction of sp³-hybridized carbons (Fsp3) is 0.0714. The molecule has 1 aromatic carbocycles. The molecule has 0 atom stereocenters. The molecule has 24 heavy (non-hydrogen) atoms. The summed E-state index contributed by atoms with van der Waals surface area (Å²) in [5.41, 5.74) is -0.512. The summed E-state index contributed by atoms with van der Waals surface area (Å²) in [5.74, 6) is -3.57. The molecule has 1 amide bonds. The van der Waals surface area contributed by atoms with Crippen LogP contribution >= 0.6 is 11.8 Å². The number of methoxy groups -OCH3 is 1. The molecule has 1 fully saturated rings. The molecular formula is C14H10FN3O5S. The quantitative estimate of drug-likeness (QED) is 0.363. The summed E-state index contributed by atoms with van der Waals surface area (Å²) in [6, 6.07) is 3.71. The van der Waals surface area contributed by atoms with Crippen LogP contribution in [-0.4, -0.2) is 41.4 Å². The molecule has 0 unspecified atom stereocenters. The third-order valence-corrected chi connectivity index (χ3v) is 3.61. The van der Waals surface area contributed by atoms with Gasteiger partial charge in [0.2, 0.25) is 0 Å². The van der Waals surface area contributed by atoms with Gasteiger partial charge >= 0.3 is 11.9 Å². The van der Waals surface area contributed by atoms with Crippen LogP contribution in [0.4, 0.5) is 4.39 Å². The first-order chi connectivity index (χ1) is 11.4. The van der Waals surface area contributed by atoms with Gasteiger partial charge in [-0.15, -0.1) is 5.10 Å². The van der Waals surface area contributed by atoms with Crippen molar-refractivity contribution in [2.24, 2.45) is 10.2 Å². The highest BCUT2D eigenvalue weighted by atomic mass is 32.2. The minimum absolute atomic E-state index is 0.0199. The summed E-state index contributed by atoms with van der Waals surface area (Å²) >= 11 is 0.857. The molecule has 8 nitrogen and oxygen atoms in total. The highest BCUT2D eigenvalue weighted by molar-refractivity contribution is 8.18. The van der Waals surface area contributed by atoms with Crippen LogP contribution in [0.25, 0.3) is 0 Å². The fourth-order valence-corrected chi connectivity index (χ4v) is 2.40. The van der Waals surface area contributed by atoms with Crippen LogP contribution in [-0.2, 0) is 14.3 Å². The van der Waals surface area contributed by atoms with Crippen LogP contribution in [0, 0.1) is 5.82 Å². The Kier molecular flexibility index (Phi) is 5.42. The average molecular weight is 351 g/mol. The molecule has 1 aliphatic rings. The monoisotopic (exact) mass is 351 g/mol. The molecule has 0 aromatic heterocycles. The Morgan fingerprint density at radius 3 is 2.83 bits per heavy atom. The number of carboxylic acids is 1. The molecule has 0 radical (unpaired) electrons. The number of thioether (sulfide) groups is 1. The van der Waals surface area contributed by atoms with Gasteiger partial charge in [0.25, 0.3) is 5.91 Å². The maximum absolute atomic E-state index is 13.5. The van der Waals surface area contributed by atoms with Crippen molar-refractivity contribution in [1.82, 2.24) is 5.32 Å². The second-order valence-corrected chi connectivity index (χ2v) is 5.28. The zero-order chi connectivity index (χ0) is 17.7. The molecule has 1 heterocycles. The van der Waals surface area contributed by atoms with Crippen molar-refractivity contribution >= 4 is 41.0 Å². The van der Waals surface area contributed by atoms with E-state index in [0.29, 0.717) is 0 Å². The molecule has 2 N–H and O–H groups in total. The molecule has 2 rings (SSSR count). The lowest BCUT2D eigenvalue weighted by atomic mass is 10.1. The minimum atomic E-state index is -1.44. The second-order valence-electron chi connectivity index (χ2n) is 4.25. The summed E-state index contributed by atoms with van der Waals surface area (Å²) in [5, 5.41) is 18.8. The number of ether oxygens (including phenoxy) is 1. The Balaban J connectivity index is 2.18. The lowest BCUT2D eigenvalue weighted by Crippen LogP contribution is -2.19. The Hall–Kier alpha value is -3.01. The number of carbonyl (C=O) groups excluding carboxylic acids is 2. The number of hydrogen-bond acceptors (Lipinski definition) is 7. The summed E-state index contributed by atoms with van der Waals surface area (Å²) in [4.78, 5) is 33.8. The SMILES string of the molecule is COC(=O)/C=C1/S/C(=N\N=Cc2cccc(F)c2C(=O)O)NC1=O. The number of rotatable bonds is 4. The van der Waals surface area contributed by atoms with E-state index in [1.54, 1.807) is 0 Å². The highest BCUT2D eigenvalue weighted by Crippen LogP contribution is 2.23. The van der Waals surface area contributed by atoms with E-state index in [4.69, 9.17) is 5.11 Å². The van der Waals surface area contributed by atoms with Gasteiger partial charge in [-0.05, 0) is 17.8 Å². The molecule has 0 bridgehead atoms. The smallest absolute Gasteiger partial charge is 0.339 e. The second kappa shape index (κ2) is 7.51. The van der Waals surface area contributed by atoms with Crippen LogP contribution in [0.3, 0.4) is 0 Å². The number of amidine groups is 1. The summed E-state index contributed by atoms with van der Waals surface area (Å²) in [7, 11) is 1.18. The molecule has 0 spiro atoms. The van der Waals surface area contributed by atoms with Crippen molar-refractivity contribution in [2.75, 3.05) is 7.11 Å². The molecule has 0 saturated carbocycles. The highest BCUT2D eigenvalue weighted by Gasteiger charge is 2.25. The Morgan fingerprint density at radius 2 is 2.17 bits per heavy atom. The van der Waals surface area contributed by atoms with Crippen LogP contribution in [0.5, 0.6) is 0 Å². The zero-order valence-electron chi connectivity index (χ0n) is 12.1. The van der Waals surface area contributed by atoms with Gasteiger partial charge in [0.05, 0.1) is 18.2 Å². The Morgan fingerprint density at radius 1 is 1.42 bits per heavy atom. The topological polar surface area (TPSA) is 117 Å². The average Bonchev–Trinajstić information content (AvgIpc) is 2.86. The van der Waals surface area contributed by atoms with Crippen LogP contribution in [0.2, 0.25) is 0 Å². The number of carbonyl (C=O) groups is 3. The van der Waals surface area contributed by atoms with E-state index in [1.165, 1.54) is 19.2 Å².